The topological polar surface area (TPSA) is 82.2 Å². The molecule has 0 saturated carbocycles. The Morgan fingerprint density at radius 1 is 1.26 bits per heavy atom. The van der Waals surface area contributed by atoms with Crippen molar-refractivity contribution in [3.8, 4) is 17.3 Å². The quantitative estimate of drug-likeness (QED) is 0.374. The van der Waals surface area contributed by atoms with E-state index in [0.29, 0.717) is 45.3 Å². The number of benzene rings is 2. The molecule has 160 valence electrons. The highest BCUT2D eigenvalue weighted by molar-refractivity contribution is 7.99. The van der Waals surface area contributed by atoms with Crippen molar-refractivity contribution < 1.29 is 13.9 Å². The summed E-state index contributed by atoms with van der Waals surface area (Å²) in [6.07, 6.45) is 0. The molecule has 2 aromatic carbocycles. The number of para-hydroxylation sites is 1. The standard InChI is InChI=1S/C22H21ClN4O3S/c1-4-27-21(18-10-14-6-5-7-17(29-3)20(14)30-18)25-26-22(27)31-12-19(28)24-16-11-15(23)9-8-13(16)2/h5-11H,4,12H2,1-3H3,(H,24,28). The molecule has 0 radical (unpaired) electrons. The molecule has 2 aromatic heterocycles. The highest BCUT2D eigenvalue weighted by atomic mass is 35.5. The number of aromatic nitrogens is 3. The number of fused-ring (bicyclic) bond motifs is 1. The van der Waals surface area contributed by atoms with Gasteiger partial charge in [0, 0.05) is 22.6 Å². The second-order valence-electron chi connectivity index (χ2n) is 6.84. The molecule has 0 fully saturated rings. The Hall–Kier alpha value is -2.97. The number of nitrogens with one attached hydrogen (secondary N) is 1. The van der Waals surface area contributed by atoms with Crippen LogP contribution in [0, 0.1) is 6.92 Å². The van der Waals surface area contributed by atoms with E-state index in [2.05, 4.69) is 15.5 Å². The first-order valence-electron chi connectivity index (χ1n) is 9.69. The number of ether oxygens (including phenoxy) is 1. The fourth-order valence-corrected chi connectivity index (χ4v) is 4.19. The van der Waals surface area contributed by atoms with E-state index in [0.717, 1.165) is 10.9 Å². The van der Waals surface area contributed by atoms with Crippen molar-refractivity contribution in [3.05, 3.63) is 53.1 Å². The molecule has 4 aromatic rings. The Bertz CT molecular complexity index is 1250. The van der Waals surface area contributed by atoms with Gasteiger partial charge in [0.25, 0.3) is 0 Å². The summed E-state index contributed by atoms with van der Waals surface area (Å²) in [6, 6.07) is 13.0. The predicted molar refractivity (Wildman–Crippen MR) is 123 cm³/mol. The molecule has 0 aliphatic heterocycles. The van der Waals surface area contributed by atoms with Gasteiger partial charge < -0.3 is 14.5 Å². The number of thioether (sulfide) groups is 1. The smallest absolute Gasteiger partial charge is 0.234 e. The molecule has 0 spiro atoms. The van der Waals surface area contributed by atoms with Gasteiger partial charge in [0.1, 0.15) is 0 Å². The fourth-order valence-electron chi connectivity index (χ4n) is 3.22. The SMILES string of the molecule is CCn1c(SCC(=O)Nc2cc(Cl)ccc2C)nnc1-c1cc2cccc(OC)c2o1. The first-order chi connectivity index (χ1) is 15.0. The number of hydrogen-bond donors (Lipinski definition) is 1. The number of hydrogen-bond acceptors (Lipinski definition) is 6. The van der Waals surface area contributed by atoms with Crippen LogP contribution in [-0.2, 0) is 11.3 Å². The van der Waals surface area contributed by atoms with Gasteiger partial charge in [-0.1, -0.05) is 41.6 Å². The van der Waals surface area contributed by atoms with Crippen LogP contribution in [0.15, 0.2) is 52.0 Å². The van der Waals surface area contributed by atoms with Crippen molar-refractivity contribution in [2.45, 2.75) is 25.5 Å². The lowest BCUT2D eigenvalue weighted by Gasteiger charge is -2.09. The van der Waals surface area contributed by atoms with Gasteiger partial charge in [0.2, 0.25) is 11.7 Å². The van der Waals surface area contributed by atoms with Gasteiger partial charge in [0.15, 0.2) is 22.2 Å². The molecule has 1 N–H and O–H groups in total. The van der Waals surface area contributed by atoms with E-state index in [9.17, 15) is 4.79 Å². The second kappa shape index (κ2) is 9.03. The molecular formula is C22H21ClN4O3S. The van der Waals surface area contributed by atoms with Gasteiger partial charge in [0.05, 0.1) is 12.9 Å². The Kier molecular flexibility index (Phi) is 6.20. The zero-order chi connectivity index (χ0) is 22.0. The number of carbonyl (C=O) groups is 1. The average Bonchev–Trinajstić information content (AvgIpc) is 3.38. The van der Waals surface area contributed by atoms with E-state index in [-0.39, 0.29) is 11.7 Å². The van der Waals surface area contributed by atoms with Crippen LogP contribution >= 0.6 is 23.4 Å². The number of anilines is 1. The van der Waals surface area contributed by atoms with Gasteiger partial charge >= 0.3 is 0 Å². The minimum absolute atomic E-state index is 0.143. The van der Waals surface area contributed by atoms with Crippen LogP contribution < -0.4 is 10.1 Å². The van der Waals surface area contributed by atoms with E-state index >= 15 is 0 Å². The maximum atomic E-state index is 12.4. The fraction of sp³-hybridized carbons (Fsp3) is 0.227. The molecule has 9 heteroatoms. The Morgan fingerprint density at radius 3 is 2.87 bits per heavy atom. The minimum Gasteiger partial charge on any atom is -0.493 e. The highest BCUT2D eigenvalue weighted by Crippen LogP contribution is 2.33. The van der Waals surface area contributed by atoms with Gasteiger partial charge in [-0.25, -0.2) is 0 Å². The molecular weight excluding hydrogens is 436 g/mol. The molecule has 4 rings (SSSR count). The van der Waals surface area contributed by atoms with Crippen LogP contribution in [0.25, 0.3) is 22.6 Å². The average molecular weight is 457 g/mol. The summed E-state index contributed by atoms with van der Waals surface area (Å²) in [5, 5.41) is 13.6. The lowest BCUT2D eigenvalue weighted by Crippen LogP contribution is -2.15. The molecule has 2 heterocycles. The molecule has 31 heavy (non-hydrogen) atoms. The number of amides is 1. The van der Waals surface area contributed by atoms with E-state index in [4.69, 9.17) is 20.8 Å². The Morgan fingerprint density at radius 2 is 2.10 bits per heavy atom. The number of nitrogens with zero attached hydrogens (tertiary/aromatic N) is 3. The molecule has 0 atom stereocenters. The molecule has 0 bridgehead atoms. The Balaban J connectivity index is 1.52. The maximum Gasteiger partial charge on any atom is 0.234 e. The van der Waals surface area contributed by atoms with Gasteiger partial charge in [-0.3, -0.25) is 9.36 Å². The van der Waals surface area contributed by atoms with Crippen molar-refractivity contribution in [3.63, 3.8) is 0 Å². The van der Waals surface area contributed by atoms with Crippen LogP contribution in [0.3, 0.4) is 0 Å². The summed E-state index contributed by atoms with van der Waals surface area (Å²) in [5.41, 5.74) is 2.31. The summed E-state index contributed by atoms with van der Waals surface area (Å²) in [4.78, 5) is 12.4. The van der Waals surface area contributed by atoms with Crippen LogP contribution in [0.2, 0.25) is 5.02 Å². The number of methoxy groups -OCH3 is 1. The zero-order valence-corrected chi connectivity index (χ0v) is 18.9. The van der Waals surface area contributed by atoms with Crippen molar-refractivity contribution in [2.75, 3.05) is 18.2 Å². The van der Waals surface area contributed by atoms with Crippen LogP contribution in [-0.4, -0.2) is 33.5 Å². The number of halogens is 1. The van der Waals surface area contributed by atoms with Gasteiger partial charge in [-0.15, -0.1) is 10.2 Å². The lowest BCUT2D eigenvalue weighted by molar-refractivity contribution is -0.113. The molecule has 0 unspecified atom stereocenters. The van der Waals surface area contributed by atoms with Crippen molar-refractivity contribution in [1.82, 2.24) is 14.8 Å². The first-order valence-corrected chi connectivity index (χ1v) is 11.1. The van der Waals surface area contributed by atoms with Crippen molar-refractivity contribution in [2.24, 2.45) is 0 Å². The van der Waals surface area contributed by atoms with Crippen LogP contribution in [0.1, 0.15) is 12.5 Å². The summed E-state index contributed by atoms with van der Waals surface area (Å²) < 4.78 is 13.3. The highest BCUT2D eigenvalue weighted by Gasteiger charge is 2.19. The van der Waals surface area contributed by atoms with Crippen LogP contribution in [0.4, 0.5) is 5.69 Å². The third-order valence-corrected chi connectivity index (χ3v) is 5.99. The number of furan rings is 1. The van der Waals surface area contributed by atoms with Crippen LogP contribution in [0.5, 0.6) is 5.75 Å². The van der Waals surface area contributed by atoms with E-state index in [1.54, 1.807) is 19.2 Å². The molecule has 0 aliphatic carbocycles. The zero-order valence-electron chi connectivity index (χ0n) is 17.3. The summed E-state index contributed by atoms with van der Waals surface area (Å²) >= 11 is 7.34. The summed E-state index contributed by atoms with van der Waals surface area (Å²) in [6.45, 7) is 4.55. The molecule has 0 saturated heterocycles. The van der Waals surface area contributed by atoms with Gasteiger partial charge in [-0.05, 0) is 43.7 Å². The normalized spacial score (nSPS) is 11.1. The molecule has 7 nitrogen and oxygen atoms in total. The Labute approximate surface area is 188 Å². The minimum atomic E-state index is -0.143. The number of aryl methyl sites for hydroxylation is 1. The molecule has 0 aliphatic rings. The third-order valence-electron chi connectivity index (χ3n) is 4.79. The largest absolute Gasteiger partial charge is 0.493 e. The number of rotatable bonds is 7. The predicted octanol–water partition coefficient (Wildman–Crippen LogP) is 5.41. The second-order valence-corrected chi connectivity index (χ2v) is 8.21. The van der Waals surface area contributed by atoms with E-state index in [1.165, 1.54) is 11.8 Å². The lowest BCUT2D eigenvalue weighted by atomic mass is 10.2. The third kappa shape index (κ3) is 4.40. The van der Waals surface area contributed by atoms with E-state index < -0.39 is 0 Å². The first kappa shape index (κ1) is 21.3. The summed E-state index contributed by atoms with van der Waals surface area (Å²) in [7, 11) is 1.61. The van der Waals surface area contributed by atoms with Gasteiger partial charge in [-0.2, -0.15) is 0 Å². The van der Waals surface area contributed by atoms with Crippen molar-refractivity contribution >= 4 is 45.9 Å². The molecule has 1 amide bonds. The number of carbonyl (C=O) groups excluding carboxylic acids is 1. The van der Waals surface area contributed by atoms with E-state index in [1.807, 2.05) is 48.7 Å². The monoisotopic (exact) mass is 456 g/mol. The summed E-state index contributed by atoms with van der Waals surface area (Å²) in [5.74, 6) is 1.91. The maximum absolute atomic E-state index is 12.4. The van der Waals surface area contributed by atoms with Crippen molar-refractivity contribution in [1.29, 1.82) is 0 Å².